The molecule has 0 amide bonds. The molecule has 268 valence electrons. The van der Waals surface area contributed by atoms with Gasteiger partial charge in [-0.25, -0.2) is 0 Å². The van der Waals surface area contributed by atoms with Crippen LogP contribution in [0.3, 0.4) is 0 Å². The van der Waals surface area contributed by atoms with Crippen LogP contribution in [0.1, 0.15) is 0 Å². The van der Waals surface area contributed by atoms with E-state index in [-0.39, 0.29) is 0 Å². The monoisotopic (exact) mass is 725 g/mol. The summed E-state index contributed by atoms with van der Waals surface area (Å²) in [6.07, 6.45) is 0. The zero-order valence-electron chi connectivity index (χ0n) is 31.5. The van der Waals surface area contributed by atoms with Crippen molar-refractivity contribution < 1.29 is 0 Å². The molecule has 0 saturated carbocycles. The molecule has 0 radical (unpaired) electrons. The summed E-state index contributed by atoms with van der Waals surface area (Å²) in [6, 6.07) is 85.7. The van der Waals surface area contributed by atoms with Crippen LogP contribution >= 0.6 is 0 Å². The van der Waals surface area contributed by atoms with E-state index in [1.165, 1.54) is 77.2 Å². The fourth-order valence-corrected chi connectivity index (χ4v) is 8.43. The van der Waals surface area contributed by atoms with Crippen molar-refractivity contribution in [2.75, 3.05) is 4.90 Å². The Hall–Kier alpha value is -7.48. The third-order valence-electron chi connectivity index (χ3n) is 11.0. The van der Waals surface area contributed by atoms with Gasteiger partial charge in [-0.2, -0.15) is 0 Å². The molecule has 0 N–H and O–H groups in total. The highest BCUT2D eigenvalue weighted by atomic mass is 15.1. The fraction of sp³-hybridized carbons (Fsp3) is 0. The first kappa shape index (κ1) is 34.0. The van der Waals surface area contributed by atoms with Gasteiger partial charge in [0.25, 0.3) is 0 Å². The molecule has 0 bridgehead atoms. The molecular formula is C56H39N. The highest BCUT2D eigenvalue weighted by molar-refractivity contribution is 6.22. The van der Waals surface area contributed by atoms with E-state index in [1.807, 2.05) is 0 Å². The van der Waals surface area contributed by atoms with E-state index in [4.69, 9.17) is 0 Å². The van der Waals surface area contributed by atoms with Gasteiger partial charge in [0, 0.05) is 17.1 Å². The second-order valence-electron chi connectivity index (χ2n) is 14.5. The summed E-state index contributed by atoms with van der Waals surface area (Å²) >= 11 is 0. The topological polar surface area (TPSA) is 3.24 Å². The lowest BCUT2D eigenvalue weighted by Crippen LogP contribution is -2.10. The molecule has 0 spiro atoms. The minimum absolute atomic E-state index is 1.09. The number of fused-ring (bicyclic) bond motifs is 3. The van der Waals surface area contributed by atoms with E-state index in [0.29, 0.717) is 0 Å². The number of benzene rings is 10. The second-order valence-corrected chi connectivity index (χ2v) is 14.5. The van der Waals surface area contributed by atoms with Crippen LogP contribution in [-0.2, 0) is 0 Å². The SMILES string of the molecule is c1ccc(-c2cccc(N(c3ccc(-c4ccccc4)c(-c4ccccc4)c3)c3ccc4c(-c5ccccc5)c(-c5ccccc5)c5ccccc5c4c3)c2)cc1. The Morgan fingerprint density at radius 2 is 0.632 bits per heavy atom. The molecule has 0 atom stereocenters. The van der Waals surface area contributed by atoms with Crippen LogP contribution in [0.15, 0.2) is 237 Å². The summed E-state index contributed by atoms with van der Waals surface area (Å²) in [5, 5.41) is 4.92. The molecule has 0 fully saturated rings. The van der Waals surface area contributed by atoms with E-state index in [0.717, 1.165) is 17.1 Å². The van der Waals surface area contributed by atoms with Crippen LogP contribution in [0.25, 0.3) is 77.2 Å². The van der Waals surface area contributed by atoms with Crippen molar-refractivity contribution in [3.63, 3.8) is 0 Å². The van der Waals surface area contributed by atoms with Gasteiger partial charge in [0.2, 0.25) is 0 Å². The first-order valence-corrected chi connectivity index (χ1v) is 19.6. The molecule has 10 aromatic rings. The van der Waals surface area contributed by atoms with Gasteiger partial charge in [0.05, 0.1) is 0 Å². The Kier molecular flexibility index (Phi) is 8.95. The summed E-state index contributed by atoms with van der Waals surface area (Å²) in [6.45, 7) is 0. The largest absolute Gasteiger partial charge is 0.310 e. The molecule has 0 unspecified atom stereocenters. The zero-order valence-corrected chi connectivity index (χ0v) is 31.5. The van der Waals surface area contributed by atoms with E-state index >= 15 is 0 Å². The first-order valence-electron chi connectivity index (χ1n) is 19.6. The molecule has 10 rings (SSSR count). The minimum atomic E-state index is 1.09. The summed E-state index contributed by atoms with van der Waals surface area (Å²) in [5.41, 5.74) is 15.3. The van der Waals surface area contributed by atoms with Crippen molar-refractivity contribution in [3.05, 3.63) is 237 Å². The summed E-state index contributed by atoms with van der Waals surface area (Å²) in [4.78, 5) is 2.43. The average Bonchev–Trinajstić information content (AvgIpc) is 3.30. The predicted molar refractivity (Wildman–Crippen MR) is 243 cm³/mol. The van der Waals surface area contributed by atoms with Crippen LogP contribution in [0.4, 0.5) is 17.1 Å². The normalized spacial score (nSPS) is 11.2. The fourth-order valence-electron chi connectivity index (χ4n) is 8.43. The van der Waals surface area contributed by atoms with Gasteiger partial charge in [0.15, 0.2) is 0 Å². The van der Waals surface area contributed by atoms with E-state index in [9.17, 15) is 0 Å². The van der Waals surface area contributed by atoms with E-state index in [2.05, 4.69) is 241 Å². The molecule has 0 heterocycles. The third kappa shape index (κ3) is 6.46. The first-order chi connectivity index (χ1) is 28.3. The number of nitrogens with zero attached hydrogens (tertiary/aromatic N) is 1. The maximum Gasteiger partial charge on any atom is 0.0468 e. The molecule has 10 aromatic carbocycles. The van der Waals surface area contributed by atoms with Crippen LogP contribution in [0, 0.1) is 0 Å². The Morgan fingerprint density at radius 3 is 1.23 bits per heavy atom. The van der Waals surface area contributed by atoms with Crippen molar-refractivity contribution in [1.82, 2.24) is 0 Å². The molecule has 1 nitrogen and oxygen atoms in total. The Bertz CT molecular complexity index is 2970. The number of hydrogen-bond donors (Lipinski definition) is 0. The van der Waals surface area contributed by atoms with Gasteiger partial charge < -0.3 is 4.90 Å². The highest BCUT2D eigenvalue weighted by Crippen LogP contribution is 2.47. The lowest BCUT2D eigenvalue weighted by atomic mass is 9.85. The van der Waals surface area contributed by atoms with Crippen molar-refractivity contribution in [1.29, 1.82) is 0 Å². The molecule has 1 heteroatoms. The quantitative estimate of drug-likeness (QED) is 0.141. The summed E-state index contributed by atoms with van der Waals surface area (Å²) < 4.78 is 0. The summed E-state index contributed by atoms with van der Waals surface area (Å²) in [7, 11) is 0. The van der Waals surface area contributed by atoms with Gasteiger partial charge >= 0.3 is 0 Å². The van der Waals surface area contributed by atoms with Gasteiger partial charge in [-0.1, -0.05) is 200 Å². The Labute approximate surface area is 334 Å². The van der Waals surface area contributed by atoms with Crippen LogP contribution in [0.2, 0.25) is 0 Å². The maximum atomic E-state index is 2.43. The van der Waals surface area contributed by atoms with Crippen LogP contribution in [0.5, 0.6) is 0 Å². The number of rotatable bonds is 8. The van der Waals surface area contributed by atoms with E-state index < -0.39 is 0 Å². The second kappa shape index (κ2) is 15.0. The summed E-state index contributed by atoms with van der Waals surface area (Å²) in [5.74, 6) is 0. The Morgan fingerprint density at radius 1 is 0.211 bits per heavy atom. The highest BCUT2D eigenvalue weighted by Gasteiger charge is 2.21. The van der Waals surface area contributed by atoms with Gasteiger partial charge in [-0.3, -0.25) is 0 Å². The van der Waals surface area contributed by atoms with Gasteiger partial charge in [0.1, 0.15) is 0 Å². The van der Waals surface area contributed by atoms with Crippen LogP contribution < -0.4 is 4.90 Å². The average molecular weight is 726 g/mol. The predicted octanol–water partition coefficient (Wildman–Crippen LogP) is 15.8. The number of anilines is 3. The minimum Gasteiger partial charge on any atom is -0.310 e. The standard InChI is InChI=1S/C56H39N/c1-6-19-40(20-7-1)45-29-18-30-46(37-45)57(47-33-35-49(41-21-8-2-9-22-41)53(38-47)42-23-10-3-11-24-42)48-34-36-52-54(39-48)50-31-16-17-32-51(50)55(43-25-12-4-13-26-43)56(52)44-27-14-5-15-28-44/h1-39H. The molecular weight excluding hydrogens is 687 g/mol. The molecule has 0 aliphatic heterocycles. The lowest BCUT2D eigenvalue weighted by Gasteiger charge is -2.28. The lowest BCUT2D eigenvalue weighted by molar-refractivity contribution is 1.29. The molecule has 0 aliphatic carbocycles. The number of hydrogen-bond acceptors (Lipinski definition) is 1. The molecule has 0 saturated heterocycles. The maximum absolute atomic E-state index is 2.43. The van der Waals surface area contributed by atoms with Crippen LogP contribution in [-0.4, -0.2) is 0 Å². The zero-order chi connectivity index (χ0) is 38.0. The molecule has 0 aromatic heterocycles. The smallest absolute Gasteiger partial charge is 0.0468 e. The van der Waals surface area contributed by atoms with Crippen molar-refractivity contribution in [2.45, 2.75) is 0 Å². The van der Waals surface area contributed by atoms with Gasteiger partial charge in [-0.05, 0) is 114 Å². The van der Waals surface area contributed by atoms with Crippen molar-refractivity contribution in [2.24, 2.45) is 0 Å². The molecule has 0 aliphatic rings. The third-order valence-corrected chi connectivity index (χ3v) is 11.0. The Balaban J connectivity index is 1.25. The molecule has 57 heavy (non-hydrogen) atoms. The van der Waals surface area contributed by atoms with Crippen molar-refractivity contribution in [3.8, 4) is 55.6 Å². The van der Waals surface area contributed by atoms with E-state index in [1.54, 1.807) is 0 Å². The van der Waals surface area contributed by atoms with Gasteiger partial charge in [-0.15, -0.1) is 0 Å². The van der Waals surface area contributed by atoms with Crippen molar-refractivity contribution >= 4 is 38.6 Å².